The van der Waals surface area contributed by atoms with Crippen LogP contribution in [-0.4, -0.2) is 33.9 Å². The molecule has 0 aliphatic rings. The van der Waals surface area contributed by atoms with Crippen molar-refractivity contribution < 1.29 is 17.9 Å². The number of nitrogens with one attached hydrogen (secondary N) is 1. The molecule has 0 unspecified atom stereocenters. The lowest BCUT2D eigenvalue weighted by atomic mass is 10.0. The molecule has 0 amide bonds. The van der Waals surface area contributed by atoms with E-state index in [1.807, 2.05) is 38.1 Å². The van der Waals surface area contributed by atoms with Crippen molar-refractivity contribution in [1.82, 2.24) is 4.98 Å². The first-order chi connectivity index (χ1) is 12.7. The van der Waals surface area contributed by atoms with Gasteiger partial charge in [0.05, 0.1) is 37.4 Å². The summed E-state index contributed by atoms with van der Waals surface area (Å²) in [6.07, 6.45) is 1.10. The average molecular weight is 386 g/mol. The van der Waals surface area contributed by atoms with Crippen LogP contribution in [0.5, 0.6) is 11.5 Å². The van der Waals surface area contributed by atoms with Crippen molar-refractivity contribution in [2.24, 2.45) is 0 Å². The normalized spacial score (nSPS) is 11.4. The average Bonchev–Trinajstić information content (AvgIpc) is 2.60. The van der Waals surface area contributed by atoms with Gasteiger partial charge in [-0.05, 0) is 49.2 Å². The Balaban J connectivity index is 2.20. The SMILES string of the molecule is COc1cc(-c2cc(C)c3cc(OC)c(NS(C)(=O)=O)cc3n2)ccc1C. The molecule has 0 saturated carbocycles. The second-order valence-electron chi connectivity index (χ2n) is 6.45. The molecule has 1 aromatic heterocycles. The molecule has 142 valence electrons. The fourth-order valence-corrected chi connectivity index (χ4v) is 3.56. The molecule has 0 aliphatic heterocycles. The number of aromatic nitrogens is 1. The van der Waals surface area contributed by atoms with Crippen LogP contribution in [0.2, 0.25) is 0 Å². The van der Waals surface area contributed by atoms with Crippen molar-refractivity contribution >= 4 is 26.6 Å². The summed E-state index contributed by atoms with van der Waals surface area (Å²) in [7, 11) is -0.295. The standard InChI is InChI=1S/C20H22N2O4S/c1-12-6-7-14(9-19(12)25-3)16-8-13(2)15-10-20(26-4)18(11-17(15)21-16)22-27(5,23)24/h6-11,22H,1-5H3. The van der Waals surface area contributed by atoms with E-state index >= 15 is 0 Å². The number of sulfonamides is 1. The Labute approximate surface area is 159 Å². The lowest BCUT2D eigenvalue weighted by Gasteiger charge is -2.14. The van der Waals surface area contributed by atoms with Gasteiger partial charge in [0.15, 0.2) is 0 Å². The van der Waals surface area contributed by atoms with E-state index in [0.717, 1.165) is 39.8 Å². The Morgan fingerprint density at radius 3 is 2.26 bits per heavy atom. The number of pyridine rings is 1. The maximum atomic E-state index is 11.7. The van der Waals surface area contributed by atoms with E-state index in [0.29, 0.717) is 17.0 Å². The minimum atomic E-state index is -3.44. The highest BCUT2D eigenvalue weighted by molar-refractivity contribution is 7.92. The van der Waals surface area contributed by atoms with Gasteiger partial charge in [-0.15, -0.1) is 0 Å². The Bertz CT molecular complexity index is 1120. The van der Waals surface area contributed by atoms with Gasteiger partial charge in [-0.3, -0.25) is 4.72 Å². The second-order valence-corrected chi connectivity index (χ2v) is 8.20. The second kappa shape index (κ2) is 7.08. The summed E-state index contributed by atoms with van der Waals surface area (Å²) in [6, 6.07) is 11.4. The molecule has 3 rings (SSSR count). The molecule has 1 heterocycles. The first kappa shape index (κ1) is 19.0. The fraction of sp³-hybridized carbons (Fsp3) is 0.250. The summed E-state index contributed by atoms with van der Waals surface area (Å²) in [5.74, 6) is 1.24. The lowest BCUT2D eigenvalue weighted by molar-refractivity contribution is 0.412. The Morgan fingerprint density at radius 1 is 0.926 bits per heavy atom. The van der Waals surface area contributed by atoms with Crippen molar-refractivity contribution in [2.45, 2.75) is 13.8 Å². The van der Waals surface area contributed by atoms with Gasteiger partial charge in [0.2, 0.25) is 10.0 Å². The molecule has 0 radical (unpaired) electrons. The summed E-state index contributed by atoms with van der Waals surface area (Å²) >= 11 is 0. The summed E-state index contributed by atoms with van der Waals surface area (Å²) in [4.78, 5) is 4.73. The van der Waals surface area contributed by atoms with Gasteiger partial charge in [0.1, 0.15) is 11.5 Å². The zero-order valence-corrected chi connectivity index (χ0v) is 16.8. The number of hydrogen-bond acceptors (Lipinski definition) is 5. The van der Waals surface area contributed by atoms with Gasteiger partial charge in [-0.1, -0.05) is 12.1 Å². The van der Waals surface area contributed by atoms with E-state index in [1.54, 1.807) is 19.2 Å². The van der Waals surface area contributed by atoms with Crippen LogP contribution in [0.1, 0.15) is 11.1 Å². The van der Waals surface area contributed by atoms with Crippen LogP contribution in [0.15, 0.2) is 36.4 Å². The van der Waals surface area contributed by atoms with E-state index in [9.17, 15) is 8.42 Å². The first-order valence-electron chi connectivity index (χ1n) is 8.34. The van der Waals surface area contributed by atoms with Crippen molar-refractivity contribution in [3.05, 3.63) is 47.5 Å². The molecular weight excluding hydrogens is 364 g/mol. The molecule has 0 bridgehead atoms. The van der Waals surface area contributed by atoms with Crippen LogP contribution in [0, 0.1) is 13.8 Å². The largest absolute Gasteiger partial charge is 0.496 e. The number of fused-ring (bicyclic) bond motifs is 1. The third kappa shape index (κ3) is 3.98. The molecule has 0 saturated heterocycles. The van der Waals surface area contributed by atoms with Crippen LogP contribution in [0.4, 0.5) is 5.69 Å². The van der Waals surface area contributed by atoms with Gasteiger partial charge in [0.25, 0.3) is 0 Å². The summed E-state index contributed by atoms with van der Waals surface area (Å²) in [5.41, 5.74) is 4.81. The highest BCUT2D eigenvalue weighted by Gasteiger charge is 2.14. The number of anilines is 1. The molecule has 0 spiro atoms. The summed E-state index contributed by atoms with van der Waals surface area (Å²) in [5, 5.41) is 0.897. The van der Waals surface area contributed by atoms with Crippen molar-refractivity contribution in [3.8, 4) is 22.8 Å². The smallest absolute Gasteiger partial charge is 0.229 e. The molecule has 0 atom stereocenters. The molecule has 7 heteroatoms. The molecule has 0 aliphatic carbocycles. The predicted molar refractivity (Wildman–Crippen MR) is 108 cm³/mol. The van der Waals surface area contributed by atoms with Gasteiger partial charge in [0, 0.05) is 10.9 Å². The van der Waals surface area contributed by atoms with Crippen LogP contribution in [0.25, 0.3) is 22.2 Å². The first-order valence-corrected chi connectivity index (χ1v) is 10.2. The summed E-state index contributed by atoms with van der Waals surface area (Å²) < 4.78 is 36.6. The molecule has 3 aromatic rings. The predicted octanol–water partition coefficient (Wildman–Crippen LogP) is 3.91. The van der Waals surface area contributed by atoms with Crippen LogP contribution < -0.4 is 14.2 Å². The third-order valence-electron chi connectivity index (χ3n) is 4.34. The number of aryl methyl sites for hydroxylation is 2. The number of nitrogens with zero attached hydrogens (tertiary/aromatic N) is 1. The quantitative estimate of drug-likeness (QED) is 0.719. The molecule has 27 heavy (non-hydrogen) atoms. The van der Waals surface area contributed by atoms with E-state index in [2.05, 4.69) is 4.72 Å². The molecule has 0 fully saturated rings. The van der Waals surface area contributed by atoms with Crippen molar-refractivity contribution in [3.63, 3.8) is 0 Å². The summed E-state index contributed by atoms with van der Waals surface area (Å²) in [6.45, 7) is 3.97. The number of hydrogen-bond donors (Lipinski definition) is 1. The van der Waals surface area contributed by atoms with Gasteiger partial charge in [-0.25, -0.2) is 13.4 Å². The highest BCUT2D eigenvalue weighted by Crippen LogP contribution is 2.34. The van der Waals surface area contributed by atoms with E-state index in [1.165, 1.54) is 7.11 Å². The van der Waals surface area contributed by atoms with Gasteiger partial charge in [-0.2, -0.15) is 0 Å². The maximum Gasteiger partial charge on any atom is 0.229 e. The molecule has 2 aromatic carbocycles. The van der Waals surface area contributed by atoms with Gasteiger partial charge >= 0.3 is 0 Å². The Morgan fingerprint density at radius 2 is 1.63 bits per heavy atom. The Kier molecular flexibility index (Phi) is 4.97. The third-order valence-corrected chi connectivity index (χ3v) is 4.93. The van der Waals surface area contributed by atoms with E-state index in [4.69, 9.17) is 14.5 Å². The zero-order valence-electron chi connectivity index (χ0n) is 16.0. The monoisotopic (exact) mass is 386 g/mol. The van der Waals surface area contributed by atoms with Crippen LogP contribution in [-0.2, 0) is 10.0 Å². The molecule has 1 N–H and O–H groups in total. The minimum Gasteiger partial charge on any atom is -0.496 e. The van der Waals surface area contributed by atoms with Crippen LogP contribution >= 0.6 is 0 Å². The molecule has 6 nitrogen and oxygen atoms in total. The number of methoxy groups -OCH3 is 2. The molecular formula is C20H22N2O4S. The van der Waals surface area contributed by atoms with E-state index in [-0.39, 0.29) is 0 Å². The van der Waals surface area contributed by atoms with Crippen LogP contribution in [0.3, 0.4) is 0 Å². The minimum absolute atomic E-state index is 0.359. The van der Waals surface area contributed by atoms with Crippen molar-refractivity contribution in [2.75, 3.05) is 25.2 Å². The lowest BCUT2D eigenvalue weighted by Crippen LogP contribution is -2.10. The van der Waals surface area contributed by atoms with Gasteiger partial charge < -0.3 is 9.47 Å². The highest BCUT2D eigenvalue weighted by atomic mass is 32.2. The zero-order chi connectivity index (χ0) is 19.8. The number of benzene rings is 2. The van der Waals surface area contributed by atoms with E-state index < -0.39 is 10.0 Å². The Hall–Kier alpha value is -2.80. The van der Waals surface area contributed by atoms with Crippen molar-refractivity contribution in [1.29, 1.82) is 0 Å². The fourth-order valence-electron chi connectivity index (χ4n) is 3.00. The number of ether oxygens (including phenoxy) is 2. The topological polar surface area (TPSA) is 77.5 Å². The maximum absolute atomic E-state index is 11.7. The number of rotatable bonds is 5.